The lowest BCUT2D eigenvalue weighted by molar-refractivity contribution is -0.121. The molecule has 0 radical (unpaired) electrons. The van der Waals surface area contributed by atoms with Crippen molar-refractivity contribution < 1.29 is 9.59 Å². The van der Waals surface area contributed by atoms with E-state index >= 15 is 0 Å². The van der Waals surface area contributed by atoms with E-state index in [1.807, 2.05) is 12.3 Å². The van der Waals surface area contributed by atoms with E-state index in [0.717, 1.165) is 43.5 Å². The van der Waals surface area contributed by atoms with E-state index in [0.29, 0.717) is 35.0 Å². The van der Waals surface area contributed by atoms with Crippen LogP contribution in [-0.4, -0.2) is 76.6 Å². The molecule has 0 bridgehead atoms. The molecule has 4 aliphatic rings. The first kappa shape index (κ1) is 24.3. The summed E-state index contributed by atoms with van der Waals surface area (Å²) in [6.07, 6.45) is 8.64. The van der Waals surface area contributed by atoms with Gasteiger partial charge in [0.25, 0.3) is 5.91 Å². The zero-order valence-electron chi connectivity index (χ0n) is 22.5. The zero-order chi connectivity index (χ0) is 26.9. The maximum Gasteiger partial charge on any atom is 0.254 e. The second-order valence-corrected chi connectivity index (χ2v) is 12.0. The molecule has 7 rings (SSSR count). The van der Waals surface area contributed by atoms with Crippen molar-refractivity contribution in [3.8, 4) is 0 Å². The molecule has 2 saturated heterocycles. The van der Waals surface area contributed by atoms with Crippen molar-refractivity contribution in [2.75, 3.05) is 50.5 Å². The highest BCUT2D eigenvalue weighted by atomic mass is 16.2. The van der Waals surface area contributed by atoms with Crippen molar-refractivity contribution in [2.45, 2.75) is 37.5 Å². The van der Waals surface area contributed by atoms with Crippen molar-refractivity contribution in [2.24, 2.45) is 23.0 Å². The Morgan fingerprint density at radius 3 is 2.54 bits per heavy atom. The second kappa shape index (κ2) is 8.64. The molecule has 3 aromatic rings. The van der Waals surface area contributed by atoms with Crippen LogP contribution in [0.1, 0.15) is 48.2 Å². The molecule has 1 spiro atoms. The van der Waals surface area contributed by atoms with Crippen LogP contribution < -0.4 is 21.3 Å². The van der Waals surface area contributed by atoms with E-state index in [-0.39, 0.29) is 17.2 Å². The topological polar surface area (TPSA) is 134 Å². The highest BCUT2D eigenvalue weighted by molar-refractivity contribution is 6.00. The molecule has 2 aliphatic carbocycles. The molecule has 4 fully saturated rings. The number of primary amides is 1. The number of amides is 2. The van der Waals surface area contributed by atoms with Gasteiger partial charge < -0.3 is 26.2 Å². The van der Waals surface area contributed by atoms with Crippen LogP contribution in [0.15, 0.2) is 30.6 Å². The Morgan fingerprint density at radius 2 is 1.90 bits per heavy atom. The summed E-state index contributed by atoms with van der Waals surface area (Å²) in [5.41, 5.74) is 8.34. The third-order valence-electron chi connectivity index (χ3n) is 9.70. The average molecular weight is 530 g/mol. The number of aromatic nitrogens is 4. The quantitative estimate of drug-likeness (QED) is 0.423. The van der Waals surface area contributed by atoms with Crippen LogP contribution in [0.3, 0.4) is 0 Å². The van der Waals surface area contributed by atoms with Gasteiger partial charge in [0, 0.05) is 39.4 Å². The monoisotopic (exact) mass is 529 g/mol. The number of rotatable bonds is 7. The smallest absolute Gasteiger partial charge is 0.254 e. The predicted octanol–water partition coefficient (Wildman–Crippen LogP) is 1.91. The first-order valence-electron chi connectivity index (χ1n) is 13.9. The van der Waals surface area contributed by atoms with E-state index in [1.54, 1.807) is 17.6 Å². The standard InChI is InChI=1S/C28H35N9O2/c1-30-24(38)20-12-31-22(28(25(29)39)16-27(28)7-8-27)11-21(20)32-26-33-23-4-3-19(15-37(23)34-26)36-9-5-17(6-10-36)18-13-35(2)14-18/h3-4,11-12,15,17-18H,5-10,13-14,16H2,1-2H3,(H2,29,39)(H,30,38)(H,31,32,34)/t28-/m1/s1. The highest BCUT2D eigenvalue weighted by Crippen LogP contribution is 2.78. The number of hydrogen-bond acceptors (Lipinski definition) is 8. The van der Waals surface area contributed by atoms with Crippen LogP contribution in [0.25, 0.3) is 5.65 Å². The van der Waals surface area contributed by atoms with E-state index in [1.165, 1.54) is 32.1 Å². The Hall–Kier alpha value is -3.73. The van der Waals surface area contributed by atoms with E-state index in [4.69, 9.17) is 5.73 Å². The van der Waals surface area contributed by atoms with Crippen molar-refractivity contribution in [1.82, 2.24) is 29.8 Å². The number of fused-ring (bicyclic) bond motifs is 1. The minimum atomic E-state index is -0.756. The lowest BCUT2D eigenvalue weighted by atomic mass is 9.80. The molecule has 4 N–H and O–H groups in total. The van der Waals surface area contributed by atoms with Crippen molar-refractivity contribution in [1.29, 1.82) is 0 Å². The summed E-state index contributed by atoms with van der Waals surface area (Å²) in [6, 6.07) is 5.84. The molecule has 3 aromatic heterocycles. The van der Waals surface area contributed by atoms with Gasteiger partial charge >= 0.3 is 0 Å². The number of nitrogens with zero attached hydrogens (tertiary/aromatic N) is 6. The molecule has 204 valence electrons. The molecule has 0 aromatic carbocycles. The summed E-state index contributed by atoms with van der Waals surface area (Å²) < 4.78 is 1.78. The van der Waals surface area contributed by atoms with Crippen molar-refractivity contribution >= 4 is 34.8 Å². The van der Waals surface area contributed by atoms with Crippen LogP contribution in [0.4, 0.5) is 17.3 Å². The lowest BCUT2D eigenvalue weighted by Gasteiger charge is -2.45. The molecular formula is C28H35N9O2. The van der Waals surface area contributed by atoms with E-state index < -0.39 is 5.41 Å². The highest BCUT2D eigenvalue weighted by Gasteiger charge is 2.78. The van der Waals surface area contributed by atoms with Gasteiger partial charge in [-0.3, -0.25) is 14.6 Å². The minimum Gasteiger partial charge on any atom is -0.370 e. The molecule has 1 atom stereocenters. The van der Waals surface area contributed by atoms with Gasteiger partial charge in [0.1, 0.15) is 0 Å². The maximum absolute atomic E-state index is 12.6. The third-order valence-corrected chi connectivity index (χ3v) is 9.70. The van der Waals surface area contributed by atoms with Gasteiger partial charge in [-0.25, -0.2) is 4.52 Å². The molecule has 11 nitrogen and oxygen atoms in total. The Bertz CT molecular complexity index is 1470. The zero-order valence-corrected chi connectivity index (χ0v) is 22.5. The van der Waals surface area contributed by atoms with E-state index in [9.17, 15) is 9.59 Å². The largest absolute Gasteiger partial charge is 0.370 e. The number of pyridine rings is 2. The molecule has 2 aliphatic heterocycles. The summed E-state index contributed by atoms with van der Waals surface area (Å²) >= 11 is 0. The Morgan fingerprint density at radius 1 is 1.13 bits per heavy atom. The molecule has 39 heavy (non-hydrogen) atoms. The minimum absolute atomic E-state index is 0.0575. The number of likely N-dealkylation sites (tertiary alicyclic amines) is 1. The summed E-state index contributed by atoms with van der Waals surface area (Å²) in [6.45, 7) is 4.57. The molecule has 11 heteroatoms. The molecule has 2 amide bonds. The number of piperidine rings is 1. The third kappa shape index (κ3) is 3.85. The second-order valence-electron chi connectivity index (χ2n) is 12.0. The number of carbonyl (C=O) groups excluding carboxylic acids is 2. The fourth-order valence-corrected chi connectivity index (χ4v) is 7.07. The van der Waals surface area contributed by atoms with Crippen molar-refractivity contribution in [3.05, 3.63) is 41.9 Å². The summed E-state index contributed by atoms with van der Waals surface area (Å²) in [4.78, 5) is 39.1. The van der Waals surface area contributed by atoms with Crippen LogP contribution in [0.5, 0.6) is 0 Å². The van der Waals surface area contributed by atoms with Crippen LogP contribution in [0, 0.1) is 17.3 Å². The van der Waals surface area contributed by atoms with Gasteiger partial charge in [-0.2, -0.15) is 4.98 Å². The first-order valence-corrected chi connectivity index (χ1v) is 13.9. The predicted molar refractivity (Wildman–Crippen MR) is 147 cm³/mol. The normalized spacial score (nSPS) is 24.5. The Kier molecular flexibility index (Phi) is 5.39. The number of anilines is 3. The van der Waals surface area contributed by atoms with Crippen LogP contribution in [-0.2, 0) is 10.2 Å². The number of carbonyl (C=O) groups is 2. The SMILES string of the molecule is CNC(=O)c1cnc([C@@]2(C(N)=O)CC23CC3)cc1Nc1nc2ccc(N3CCC(C4CN(C)C4)CC3)cn2n1. The van der Waals surface area contributed by atoms with Gasteiger partial charge in [-0.15, -0.1) is 5.10 Å². The Labute approximate surface area is 227 Å². The van der Waals surface area contributed by atoms with Crippen molar-refractivity contribution in [3.63, 3.8) is 0 Å². The number of nitrogens with one attached hydrogen (secondary N) is 2. The Balaban J connectivity index is 1.13. The lowest BCUT2D eigenvalue weighted by Crippen LogP contribution is -2.50. The summed E-state index contributed by atoms with van der Waals surface area (Å²) in [5, 5.41) is 10.5. The molecule has 0 unspecified atom stereocenters. The number of nitrogens with two attached hydrogens (primary N) is 1. The van der Waals surface area contributed by atoms with Gasteiger partial charge in [-0.05, 0) is 74.6 Å². The summed E-state index contributed by atoms with van der Waals surface area (Å²) in [7, 11) is 3.77. The van der Waals surface area contributed by atoms with Gasteiger partial charge in [0.05, 0.1) is 34.2 Å². The van der Waals surface area contributed by atoms with E-state index in [2.05, 4.69) is 48.6 Å². The maximum atomic E-state index is 12.6. The molecule has 2 saturated carbocycles. The molecule has 5 heterocycles. The van der Waals surface area contributed by atoms with Gasteiger partial charge in [0.15, 0.2) is 5.65 Å². The fraction of sp³-hybridized carbons (Fsp3) is 0.536. The average Bonchev–Trinajstić information content (AvgIpc) is 3.81. The first-order chi connectivity index (χ1) is 18.8. The number of hydrogen-bond donors (Lipinski definition) is 3. The van der Waals surface area contributed by atoms with Gasteiger partial charge in [-0.1, -0.05) is 0 Å². The molecular weight excluding hydrogens is 494 g/mol. The fourth-order valence-electron chi connectivity index (χ4n) is 7.07. The summed E-state index contributed by atoms with van der Waals surface area (Å²) in [5.74, 6) is 1.40. The van der Waals surface area contributed by atoms with Crippen LogP contribution in [0.2, 0.25) is 0 Å². The van der Waals surface area contributed by atoms with Crippen LogP contribution >= 0.6 is 0 Å². The van der Waals surface area contributed by atoms with Gasteiger partial charge in [0.2, 0.25) is 11.9 Å².